The number of benzene rings is 2. The Morgan fingerprint density at radius 2 is 1.91 bits per heavy atom. The molecule has 0 radical (unpaired) electrons. The highest BCUT2D eigenvalue weighted by atomic mass is 16.5. The van der Waals surface area contributed by atoms with E-state index >= 15 is 0 Å². The molecular weight excluding hydrogens is 418 g/mol. The number of hydrogen-bond donors (Lipinski definition) is 1. The van der Waals surface area contributed by atoms with Crippen LogP contribution in [0.4, 0.5) is 0 Å². The van der Waals surface area contributed by atoms with Gasteiger partial charge in [0.15, 0.2) is 11.5 Å². The van der Waals surface area contributed by atoms with Gasteiger partial charge in [-0.15, -0.1) is 0 Å². The highest BCUT2D eigenvalue weighted by molar-refractivity contribution is 5.73. The minimum Gasteiger partial charge on any atom is -0.504 e. The summed E-state index contributed by atoms with van der Waals surface area (Å²) in [6.45, 7) is 9.13. The number of phenolic OH excluding ortho intramolecular Hbond substituents is 1. The SMILES string of the molecule is COc1cc(C=CCN2CCOc3ccc(CN4CCN(C(C)=O)CC4)cc3C2)ccc1O. The molecule has 0 aliphatic carbocycles. The Bertz CT molecular complexity index is 999. The summed E-state index contributed by atoms with van der Waals surface area (Å²) in [6.07, 6.45) is 4.18. The number of ether oxygens (including phenoxy) is 2. The summed E-state index contributed by atoms with van der Waals surface area (Å²) >= 11 is 0. The molecule has 0 saturated carbocycles. The molecule has 7 nitrogen and oxygen atoms in total. The molecule has 4 rings (SSSR count). The van der Waals surface area contributed by atoms with Crippen molar-refractivity contribution in [1.82, 2.24) is 14.7 Å². The molecule has 1 N–H and O–H groups in total. The summed E-state index contributed by atoms with van der Waals surface area (Å²) in [5.41, 5.74) is 3.48. The zero-order valence-corrected chi connectivity index (χ0v) is 19.5. The number of hydrogen-bond acceptors (Lipinski definition) is 6. The zero-order chi connectivity index (χ0) is 23.2. The van der Waals surface area contributed by atoms with Crippen LogP contribution in [0.5, 0.6) is 17.2 Å². The fourth-order valence-electron chi connectivity index (χ4n) is 4.37. The van der Waals surface area contributed by atoms with Gasteiger partial charge in [0.1, 0.15) is 12.4 Å². The van der Waals surface area contributed by atoms with Crippen LogP contribution in [0.3, 0.4) is 0 Å². The Morgan fingerprint density at radius 1 is 1.09 bits per heavy atom. The maximum Gasteiger partial charge on any atom is 0.219 e. The second-order valence-corrected chi connectivity index (χ2v) is 8.64. The van der Waals surface area contributed by atoms with Gasteiger partial charge in [0.2, 0.25) is 5.91 Å². The van der Waals surface area contributed by atoms with Crippen LogP contribution < -0.4 is 9.47 Å². The van der Waals surface area contributed by atoms with Crippen LogP contribution in [0.1, 0.15) is 23.6 Å². The molecule has 0 aromatic heterocycles. The summed E-state index contributed by atoms with van der Waals surface area (Å²) in [4.78, 5) is 18.2. The average Bonchev–Trinajstić information content (AvgIpc) is 3.02. The van der Waals surface area contributed by atoms with Gasteiger partial charge < -0.3 is 19.5 Å². The van der Waals surface area contributed by atoms with Crippen molar-refractivity contribution in [2.75, 3.05) is 53.0 Å². The Balaban J connectivity index is 1.36. The van der Waals surface area contributed by atoms with E-state index in [4.69, 9.17) is 9.47 Å². The summed E-state index contributed by atoms with van der Waals surface area (Å²) in [6, 6.07) is 11.9. The van der Waals surface area contributed by atoms with E-state index < -0.39 is 0 Å². The topological polar surface area (TPSA) is 65.5 Å². The number of fused-ring (bicyclic) bond motifs is 1. The molecule has 176 valence electrons. The number of phenols is 1. The first-order chi connectivity index (χ1) is 16.0. The van der Waals surface area contributed by atoms with Crippen molar-refractivity contribution >= 4 is 12.0 Å². The maximum absolute atomic E-state index is 11.6. The van der Waals surface area contributed by atoms with Crippen molar-refractivity contribution in [2.45, 2.75) is 20.0 Å². The van der Waals surface area contributed by atoms with Crippen LogP contribution in [-0.2, 0) is 17.9 Å². The summed E-state index contributed by atoms with van der Waals surface area (Å²) < 4.78 is 11.2. The first-order valence-corrected chi connectivity index (χ1v) is 11.5. The molecule has 0 atom stereocenters. The van der Waals surface area contributed by atoms with Gasteiger partial charge >= 0.3 is 0 Å². The largest absolute Gasteiger partial charge is 0.504 e. The van der Waals surface area contributed by atoms with Gasteiger partial charge in [0.05, 0.1) is 7.11 Å². The second-order valence-electron chi connectivity index (χ2n) is 8.64. The van der Waals surface area contributed by atoms with E-state index in [1.807, 2.05) is 23.1 Å². The third-order valence-corrected chi connectivity index (χ3v) is 6.29. The molecule has 1 saturated heterocycles. The maximum atomic E-state index is 11.6. The van der Waals surface area contributed by atoms with Crippen molar-refractivity contribution in [3.05, 3.63) is 59.2 Å². The van der Waals surface area contributed by atoms with Crippen molar-refractivity contribution in [3.63, 3.8) is 0 Å². The molecule has 2 heterocycles. The fourth-order valence-corrected chi connectivity index (χ4v) is 4.37. The lowest BCUT2D eigenvalue weighted by Gasteiger charge is -2.34. The summed E-state index contributed by atoms with van der Waals surface area (Å²) in [7, 11) is 1.55. The molecule has 0 spiro atoms. The summed E-state index contributed by atoms with van der Waals surface area (Å²) in [5, 5.41) is 9.76. The third-order valence-electron chi connectivity index (χ3n) is 6.29. The molecule has 1 amide bonds. The normalized spacial score (nSPS) is 17.5. The minimum atomic E-state index is 0.146. The Hall–Kier alpha value is -3.03. The van der Waals surface area contributed by atoms with E-state index in [9.17, 15) is 9.90 Å². The van der Waals surface area contributed by atoms with E-state index in [2.05, 4.69) is 34.1 Å². The van der Waals surface area contributed by atoms with E-state index in [1.165, 1.54) is 11.1 Å². The lowest BCUT2D eigenvalue weighted by molar-refractivity contribution is -0.130. The molecule has 1 fully saturated rings. The molecular formula is C26H33N3O4. The molecule has 2 aromatic rings. The molecule has 33 heavy (non-hydrogen) atoms. The van der Waals surface area contributed by atoms with Crippen molar-refractivity contribution in [2.24, 2.45) is 0 Å². The van der Waals surface area contributed by atoms with Crippen LogP contribution in [0, 0.1) is 0 Å². The molecule has 2 aromatic carbocycles. The van der Waals surface area contributed by atoms with E-state index in [1.54, 1.807) is 20.1 Å². The van der Waals surface area contributed by atoms with Crippen molar-refractivity contribution < 1.29 is 19.4 Å². The number of carbonyl (C=O) groups excluding carboxylic acids is 1. The highest BCUT2D eigenvalue weighted by Gasteiger charge is 2.20. The molecule has 0 bridgehead atoms. The first kappa shape index (κ1) is 23.1. The Kier molecular flexibility index (Phi) is 7.52. The molecule has 0 unspecified atom stereocenters. The van der Waals surface area contributed by atoms with Gasteiger partial charge in [0.25, 0.3) is 0 Å². The number of piperazine rings is 1. The molecule has 2 aliphatic heterocycles. The van der Waals surface area contributed by atoms with Gasteiger partial charge in [-0.3, -0.25) is 14.6 Å². The number of nitrogens with zero attached hydrogens (tertiary/aromatic N) is 3. The number of methoxy groups -OCH3 is 1. The number of carbonyl (C=O) groups is 1. The van der Waals surface area contributed by atoms with Crippen LogP contribution >= 0.6 is 0 Å². The van der Waals surface area contributed by atoms with E-state index in [-0.39, 0.29) is 11.7 Å². The molecule has 7 heteroatoms. The quantitative estimate of drug-likeness (QED) is 0.729. The predicted octanol–water partition coefficient (Wildman–Crippen LogP) is 2.97. The fraction of sp³-hybridized carbons (Fsp3) is 0.423. The number of amides is 1. The highest BCUT2D eigenvalue weighted by Crippen LogP contribution is 2.27. The van der Waals surface area contributed by atoms with Gasteiger partial charge in [-0.1, -0.05) is 24.3 Å². The van der Waals surface area contributed by atoms with E-state index in [0.29, 0.717) is 12.4 Å². The monoisotopic (exact) mass is 451 g/mol. The standard InChI is InChI=1S/C26H33N3O4/c1-20(30)29-12-10-28(11-13-29)18-22-6-8-25-23(16-22)19-27(14-15-33-25)9-3-4-21-5-7-24(31)26(17-21)32-2/h3-8,16-17,31H,9-15,18-19H2,1-2H3. The van der Waals surface area contributed by atoms with Gasteiger partial charge in [-0.05, 0) is 35.4 Å². The summed E-state index contributed by atoms with van der Waals surface area (Å²) in [5.74, 6) is 1.75. The van der Waals surface area contributed by atoms with Crippen molar-refractivity contribution in [1.29, 1.82) is 0 Å². The minimum absolute atomic E-state index is 0.146. The van der Waals surface area contributed by atoms with Crippen LogP contribution in [0.25, 0.3) is 6.08 Å². The first-order valence-electron chi connectivity index (χ1n) is 11.5. The van der Waals surface area contributed by atoms with E-state index in [0.717, 1.165) is 63.7 Å². The van der Waals surface area contributed by atoms with Crippen LogP contribution in [0.2, 0.25) is 0 Å². The average molecular weight is 452 g/mol. The lowest BCUT2D eigenvalue weighted by Crippen LogP contribution is -2.47. The number of rotatable bonds is 6. The van der Waals surface area contributed by atoms with Gasteiger partial charge in [0, 0.05) is 64.8 Å². The third kappa shape index (κ3) is 6.06. The van der Waals surface area contributed by atoms with Gasteiger partial charge in [-0.25, -0.2) is 0 Å². The zero-order valence-electron chi connectivity index (χ0n) is 19.5. The number of aromatic hydroxyl groups is 1. The molecule has 2 aliphatic rings. The smallest absolute Gasteiger partial charge is 0.219 e. The lowest BCUT2D eigenvalue weighted by atomic mass is 10.1. The van der Waals surface area contributed by atoms with Crippen LogP contribution in [-0.4, -0.2) is 78.7 Å². The van der Waals surface area contributed by atoms with Crippen molar-refractivity contribution in [3.8, 4) is 17.2 Å². The Morgan fingerprint density at radius 3 is 2.67 bits per heavy atom. The Labute approximate surface area is 195 Å². The predicted molar refractivity (Wildman–Crippen MR) is 128 cm³/mol. The van der Waals surface area contributed by atoms with Crippen LogP contribution in [0.15, 0.2) is 42.5 Å². The van der Waals surface area contributed by atoms with Gasteiger partial charge in [-0.2, -0.15) is 0 Å². The second kappa shape index (κ2) is 10.7.